The van der Waals surface area contributed by atoms with Crippen LogP contribution in [0.2, 0.25) is 0 Å². The van der Waals surface area contributed by atoms with Crippen molar-refractivity contribution in [2.75, 3.05) is 5.88 Å². The van der Waals surface area contributed by atoms with Crippen molar-refractivity contribution < 1.29 is 0 Å². The van der Waals surface area contributed by atoms with Crippen LogP contribution in [-0.4, -0.2) is 5.88 Å². The third-order valence-corrected chi connectivity index (χ3v) is 2.11. The number of benzene rings is 1. The molecule has 0 aromatic heterocycles. The summed E-state index contributed by atoms with van der Waals surface area (Å²) in [4.78, 5) is 0. The van der Waals surface area contributed by atoms with Crippen molar-refractivity contribution in [3.63, 3.8) is 0 Å². The molecule has 0 nitrogen and oxygen atoms in total. The Hall–Kier alpha value is -0.490. The van der Waals surface area contributed by atoms with Crippen molar-refractivity contribution in [2.24, 2.45) is 0 Å². The second-order valence-corrected chi connectivity index (χ2v) is 3.05. The summed E-state index contributed by atoms with van der Waals surface area (Å²) in [6.45, 7) is 4.15. The number of hydrogen-bond donors (Lipinski definition) is 0. The normalized spacial score (nSPS) is 10.5. The van der Waals surface area contributed by atoms with Crippen LogP contribution in [0.15, 0.2) is 24.3 Å². The summed E-state index contributed by atoms with van der Waals surface area (Å²) >= 11 is 5.70. The minimum atomic E-state index is 0.615. The molecule has 0 aliphatic rings. The van der Waals surface area contributed by atoms with Gasteiger partial charge in [0.2, 0.25) is 0 Å². The molecule has 59 valence electrons. The average molecular weight is 168 g/mol. The first kappa shape index (κ1) is 8.61. The van der Waals surface area contributed by atoms with E-state index >= 15 is 0 Å². The topological polar surface area (TPSA) is 0 Å². The predicted octanol–water partition coefficient (Wildman–Crippen LogP) is 3.18. The van der Waals surface area contributed by atoms with Gasteiger partial charge in [0.05, 0.1) is 0 Å². The van der Waals surface area contributed by atoms with Gasteiger partial charge in [-0.25, -0.2) is 0 Å². The second kappa shape index (κ2) is 3.77. The monoisotopic (exact) mass is 167 g/mol. The summed E-state index contributed by atoms with van der Waals surface area (Å²) < 4.78 is 0. The van der Waals surface area contributed by atoms with E-state index in [0.29, 0.717) is 5.88 Å². The predicted molar refractivity (Wildman–Crippen MR) is 49.9 cm³/mol. The molecule has 0 fully saturated rings. The fourth-order valence-electron chi connectivity index (χ4n) is 0.988. The lowest BCUT2D eigenvalue weighted by Crippen LogP contribution is -1.95. The summed E-state index contributed by atoms with van der Waals surface area (Å²) in [5.41, 5.74) is 2.53. The van der Waals surface area contributed by atoms with Crippen LogP contribution in [0.25, 0.3) is 0 Å². The number of halogens is 1. The SMILES string of the molecule is C[C](CCl)c1cccc(C)c1. The van der Waals surface area contributed by atoms with Gasteiger partial charge in [-0.3, -0.25) is 0 Å². The summed E-state index contributed by atoms with van der Waals surface area (Å²) in [6.07, 6.45) is 0. The molecule has 11 heavy (non-hydrogen) atoms. The highest BCUT2D eigenvalue weighted by atomic mass is 35.5. The quantitative estimate of drug-likeness (QED) is 0.594. The molecule has 1 radical (unpaired) electrons. The van der Waals surface area contributed by atoms with Crippen molar-refractivity contribution in [3.05, 3.63) is 41.3 Å². The van der Waals surface area contributed by atoms with Crippen LogP contribution in [-0.2, 0) is 0 Å². The van der Waals surface area contributed by atoms with Crippen molar-refractivity contribution >= 4 is 11.6 Å². The molecule has 0 N–H and O–H groups in total. The Morgan fingerprint density at radius 1 is 1.45 bits per heavy atom. The Morgan fingerprint density at radius 2 is 2.18 bits per heavy atom. The third-order valence-electron chi connectivity index (χ3n) is 1.71. The Balaban J connectivity index is 2.86. The highest BCUT2D eigenvalue weighted by Crippen LogP contribution is 2.16. The number of hydrogen-bond acceptors (Lipinski definition) is 0. The molecule has 0 saturated carbocycles. The van der Waals surface area contributed by atoms with E-state index in [1.54, 1.807) is 0 Å². The van der Waals surface area contributed by atoms with Crippen LogP contribution in [0, 0.1) is 12.8 Å². The largest absolute Gasteiger partial charge is 0.126 e. The third kappa shape index (κ3) is 2.23. The molecule has 1 heteroatoms. The van der Waals surface area contributed by atoms with Crippen LogP contribution < -0.4 is 0 Å². The van der Waals surface area contributed by atoms with Gasteiger partial charge in [-0.15, -0.1) is 11.6 Å². The molecule has 0 aliphatic carbocycles. The van der Waals surface area contributed by atoms with E-state index in [1.165, 1.54) is 17.0 Å². The first-order valence-electron chi connectivity index (χ1n) is 3.69. The van der Waals surface area contributed by atoms with E-state index in [1.807, 2.05) is 0 Å². The molecule has 0 unspecified atom stereocenters. The molecular weight excluding hydrogens is 156 g/mol. The maximum absolute atomic E-state index is 5.70. The van der Waals surface area contributed by atoms with E-state index < -0.39 is 0 Å². The first-order chi connectivity index (χ1) is 5.24. The van der Waals surface area contributed by atoms with Crippen molar-refractivity contribution in [3.8, 4) is 0 Å². The summed E-state index contributed by atoms with van der Waals surface area (Å²) in [6, 6.07) is 8.38. The lowest BCUT2D eigenvalue weighted by Gasteiger charge is -2.06. The molecule has 0 amide bonds. The van der Waals surface area contributed by atoms with Gasteiger partial charge in [-0.05, 0) is 12.5 Å². The minimum Gasteiger partial charge on any atom is -0.126 e. The van der Waals surface area contributed by atoms with Gasteiger partial charge >= 0.3 is 0 Å². The maximum atomic E-state index is 5.70. The van der Waals surface area contributed by atoms with E-state index in [2.05, 4.69) is 38.1 Å². The van der Waals surface area contributed by atoms with Crippen LogP contribution >= 0.6 is 11.6 Å². The van der Waals surface area contributed by atoms with E-state index in [4.69, 9.17) is 11.6 Å². The number of aryl methyl sites for hydroxylation is 1. The highest BCUT2D eigenvalue weighted by Gasteiger charge is 2.02. The average Bonchev–Trinajstić information content (AvgIpc) is 2.03. The summed E-state index contributed by atoms with van der Waals surface area (Å²) in [7, 11) is 0. The molecule has 0 aliphatic heterocycles. The molecule has 1 aromatic rings. The van der Waals surface area contributed by atoms with Crippen molar-refractivity contribution in [2.45, 2.75) is 13.8 Å². The zero-order valence-corrected chi connectivity index (χ0v) is 7.65. The second-order valence-electron chi connectivity index (χ2n) is 2.78. The van der Waals surface area contributed by atoms with E-state index in [0.717, 1.165) is 0 Å². The Labute approximate surface area is 73.2 Å². The van der Waals surface area contributed by atoms with Crippen LogP contribution in [0.4, 0.5) is 0 Å². The molecule has 0 atom stereocenters. The Morgan fingerprint density at radius 3 is 2.73 bits per heavy atom. The highest BCUT2D eigenvalue weighted by molar-refractivity contribution is 6.19. The van der Waals surface area contributed by atoms with Gasteiger partial charge in [0.15, 0.2) is 0 Å². The van der Waals surface area contributed by atoms with Gasteiger partial charge in [0.1, 0.15) is 0 Å². The standard InChI is InChI=1S/C10H12Cl/c1-8-4-3-5-10(6-8)9(2)7-11/h3-6H,7H2,1-2H3. The molecule has 0 spiro atoms. The van der Waals surface area contributed by atoms with E-state index in [-0.39, 0.29) is 0 Å². The molecule has 1 aromatic carbocycles. The van der Waals surface area contributed by atoms with Crippen LogP contribution in [0.5, 0.6) is 0 Å². The minimum absolute atomic E-state index is 0.615. The first-order valence-corrected chi connectivity index (χ1v) is 4.23. The van der Waals surface area contributed by atoms with Crippen LogP contribution in [0.3, 0.4) is 0 Å². The Bertz CT molecular complexity index is 230. The van der Waals surface area contributed by atoms with Gasteiger partial charge < -0.3 is 0 Å². The lowest BCUT2D eigenvalue weighted by molar-refractivity contribution is 1.15. The number of rotatable bonds is 2. The molecule has 0 saturated heterocycles. The van der Waals surface area contributed by atoms with Gasteiger partial charge in [-0.1, -0.05) is 36.8 Å². The molecule has 1 rings (SSSR count). The summed E-state index contributed by atoms with van der Waals surface area (Å²) in [5.74, 6) is 1.85. The van der Waals surface area contributed by atoms with Crippen molar-refractivity contribution in [1.82, 2.24) is 0 Å². The zero-order valence-electron chi connectivity index (χ0n) is 6.89. The van der Waals surface area contributed by atoms with Crippen LogP contribution in [0.1, 0.15) is 18.1 Å². The van der Waals surface area contributed by atoms with Gasteiger partial charge in [0.25, 0.3) is 0 Å². The van der Waals surface area contributed by atoms with Gasteiger partial charge in [-0.2, -0.15) is 0 Å². The maximum Gasteiger partial charge on any atom is 0.0326 e. The zero-order chi connectivity index (χ0) is 8.27. The smallest absolute Gasteiger partial charge is 0.0326 e. The fourth-order valence-corrected chi connectivity index (χ4v) is 1.14. The van der Waals surface area contributed by atoms with Crippen molar-refractivity contribution in [1.29, 1.82) is 0 Å². The van der Waals surface area contributed by atoms with Gasteiger partial charge in [0, 0.05) is 11.8 Å². The molecular formula is C10H12Cl. The van der Waals surface area contributed by atoms with E-state index in [9.17, 15) is 0 Å². The number of alkyl halides is 1. The molecule has 0 heterocycles. The Kier molecular flexibility index (Phi) is 2.95. The summed E-state index contributed by atoms with van der Waals surface area (Å²) in [5, 5.41) is 0. The lowest BCUT2D eigenvalue weighted by atomic mass is 10.0. The fraction of sp³-hybridized carbons (Fsp3) is 0.300. The molecule has 0 bridgehead atoms.